The Kier molecular flexibility index (Phi) is 7.55. The number of aromatic nitrogens is 2. The number of primary amides is 1. The predicted molar refractivity (Wildman–Crippen MR) is 126 cm³/mol. The average molecular weight is 455 g/mol. The smallest absolute Gasteiger partial charge is 0.248 e. The van der Waals surface area contributed by atoms with Crippen molar-refractivity contribution in [3.63, 3.8) is 0 Å². The summed E-state index contributed by atoms with van der Waals surface area (Å²) in [7, 11) is 0. The summed E-state index contributed by atoms with van der Waals surface area (Å²) in [5, 5.41) is 7.80. The van der Waals surface area contributed by atoms with Gasteiger partial charge in [0.2, 0.25) is 11.8 Å². The molecule has 0 saturated heterocycles. The largest absolute Gasteiger partial charge is 0.369 e. The minimum Gasteiger partial charge on any atom is -0.369 e. The summed E-state index contributed by atoms with van der Waals surface area (Å²) in [6.07, 6.45) is 3.08. The first-order valence-electron chi connectivity index (χ1n) is 9.61. The van der Waals surface area contributed by atoms with E-state index in [1.807, 2.05) is 56.3 Å². The third-order valence-corrected chi connectivity index (χ3v) is 5.97. The number of anilines is 1. The van der Waals surface area contributed by atoms with Crippen molar-refractivity contribution >= 4 is 46.9 Å². The minimum atomic E-state index is -0.418. The number of hydrogen-bond acceptors (Lipinski definition) is 4. The molecule has 31 heavy (non-hydrogen) atoms. The summed E-state index contributed by atoms with van der Waals surface area (Å²) in [4.78, 5) is 24.3. The van der Waals surface area contributed by atoms with Crippen LogP contribution in [0.1, 0.15) is 22.4 Å². The van der Waals surface area contributed by atoms with Gasteiger partial charge >= 0.3 is 0 Å². The third kappa shape index (κ3) is 6.23. The van der Waals surface area contributed by atoms with E-state index in [0.717, 1.165) is 16.2 Å². The van der Waals surface area contributed by atoms with E-state index >= 15 is 0 Å². The Hall–Kier alpha value is -3.03. The average Bonchev–Trinajstić information content (AvgIpc) is 3.00. The van der Waals surface area contributed by atoms with Crippen molar-refractivity contribution in [2.75, 3.05) is 11.1 Å². The van der Waals surface area contributed by atoms with Crippen LogP contribution in [0, 0.1) is 13.8 Å². The number of nitrogens with zero attached hydrogens (tertiary/aromatic N) is 2. The van der Waals surface area contributed by atoms with Gasteiger partial charge in [-0.15, -0.1) is 11.8 Å². The lowest BCUT2D eigenvalue weighted by Gasteiger charge is -2.08. The summed E-state index contributed by atoms with van der Waals surface area (Å²) in [5.74, 6) is -0.592. The normalized spacial score (nSPS) is 11.1. The Morgan fingerprint density at radius 3 is 2.58 bits per heavy atom. The second kappa shape index (κ2) is 10.3. The Labute approximate surface area is 190 Å². The first-order chi connectivity index (χ1) is 14.8. The number of nitrogens with two attached hydrogens (primary N) is 1. The highest BCUT2D eigenvalue weighted by Crippen LogP contribution is 2.27. The molecule has 0 bridgehead atoms. The molecule has 160 valence electrons. The third-order valence-electron chi connectivity index (χ3n) is 4.48. The van der Waals surface area contributed by atoms with Crippen molar-refractivity contribution in [2.24, 2.45) is 5.73 Å². The van der Waals surface area contributed by atoms with Crippen LogP contribution in [0.5, 0.6) is 0 Å². The maximum Gasteiger partial charge on any atom is 0.248 e. The van der Waals surface area contributed by atoms with Gasteiger partial charge in [0.25, 0.3) is 0 Å². The van der Waals surface area contributed by atoms with Crippen LogP contribution < -0.4 is 11.1 Å². The zero-order valence-corrected chi connectivity index (χ0v) is 18.8. The first-order valence-corrected chi connectivity index (χ1v) is 11.0. The van der Waals surface area contributed by atoms with E-state index in [1.165, 1.54) is 23.4 Å². The second-order valence-electron chi connectivity index (χ2n) is 7.01. The fraction of sp³-hybridized carbons (Fsp3) is 0.174. The fourth-order valence-corrected chi connectivity index (χ4v) is 3.95. The summed E-state index contributed by atoms with van der Waals surface area (Å²) in [6, 6.07) is 15.4. The molecule has 6 nitrogen and oxygen atoms in total. The van der Waals surface area contributed by atoms with Gasteiger partial charge in [-0.1, -0.05) is 53.6 Å². The molecular formula is C23H23ClN4O2S. The van der Waals surface area contributed by atoms with Gasteiger partial charge in [0.05, 0.1) is 23.7 Å². The van der Waals surface area contributed by atoms with Crippen LogP contribution in [0.3, 0.4) is 0 Å². The second-order valence-corrected chi connectivity index (χ2v) is 8.38. The number of thioether (sulfide) groups is 1. The molecule has 3 rings (SSSR count). The van der Waals surface area contributed by atoms with E-state index in [-0.39, 0.29) is 11.7 Å². The molecule has 1 heterocycles. The van der Waals surface area contributed by atoms with Crippen LogP contribution in [0.4, 0.5) is 5.69 Å². The first kappa shape index (κ1) is 22.7. The molecule has 0 saturated carbocycles. The van der Waals surface area contributed by atoms with Crippen molar-refractivity contribution in [3.05, 3.63) is 82.1 Å². The van der Waals surface area contributed by atoms with Gasteiger partial charge in [0, 0.05) is 16.5 Å². The van der Waals surface area contributed by atoms with Gasteiger partial charge < -0.3 is 11.1 Å². The highest BCUT2D eigenvalue weighted by Gasteiger charge is 2.12. The number of carbonyl (C=O) groups is 2. The molecule has 0 unspecified atom stereocenters. The molecule has 0 fully saturated rings. The molecular weight excluding hydrogens is 432 g/mol. The Balaban J connectivity index is 1.71. The van der Waals surface area contributed by atoms with Gasteiger partial charge in [-0.3, -0.25) is 9.59 Å². The van der Waals surface area contributed by atoms with Crippen molar-refractivity contribution < 1.29 is 9.59 Å². The molecule has 8 heteroatoms. The topological polar surface area (TPSA) is 90.0 Å². The number of rotatable bonds is 8. The summed E-state index contributed by atoms with van der Waals surface area (Å²) in [6.45, 7) is 4.44. The van der Waals surface area contributed by atoms with Crippen molar-refractivity contribution in [2.45, 2.75) is 25.3 Å². The van der Waals surface area contributed by atoms with Gasteiger partial charge in [-0.2, -0.15) is 5.10 Å². The molecule has 2 aromatic carbocycles. The maximum absolute atomic E-state index is 12.5. The number of amides is 2. The molecule has 0 aliphatic carbocycles. The molecule has 0 aliphatic rings. The van der Waals surface area contributed by atoms with E-state index in [2.05, 4.69) is 10.4 Å². The lowest BCUT2D eigenvalue weighted by molar-refractivity contribution is -0.115. The monoisotopic (exact) mass is 454 g/mol. The summed E-state index contributed by atoms with van der Waals surface area (Å²) < 4.78 is 1.72. The molecule has 2 amide bonds. The van der Waals surface area contributed by atoms with Crippen LogP contribution >= 0.6 is 23.4 Å². The Bertz CT molecular complexity index is 1120. The van der Waals surface area contributed by atoms with Crippen LogP contribution in [-0.2, 0) is 16.1 Å². The lowest BCUT2D eigenvalue weighted by Crippen LogP contribution is -2.13. The van der Waals surface area contributed by atoms with E-state index in [0.29, 0.717) is 22.9 Å². The number of nitrogens with one attached hydrogen (secondary N) is 1. The standard InChI is InChI=1S/C23H23ClN4O2S/c1-15-7-9-17(10-8-15)13-28-23(24)18(16(2)27-28)11-12-22(30)26-19-5-3-4-6-20(19)31-14-21(25)29/h3-12H,13-14H2,1-2H3,(H2,25,29)(H,26,30)/b12-11+. The summed E-state index contributed by atoms with van der Waals surface area (Å²) in [5.41, 5.74) is 9.53. The zero-order valence-electron chi connectivity index (χ0n) is 17.3. The van der Waals surface area contributed by atoms with E-state index in [9.17, 15) is 9.59 Å². The molecule has 0 spiro atoms. The molecule has 0 aliphatic heterocycles. The predicted octanol–water partition coefficient (Wildman–Crippen LogP) is 4.43. The van der Waals surface area contributed by atoms with E-state index in [4.69, 9.17) is 17.3 Å². The van der Waals surface area contributed by atoms with Gasteiger partial charge in [0.1, 0.15) is 5.15 Å². The fourth-order valence-electron chi connectivity index (χ4n) is 2.91. The Morgan fingerprint density at radius 1 is 1.16 bits per heavy atom. The quantitative estimate of drug-likeness (QED) is 0.389. The van der Waals surface area contributed by atoms with Gasteiger partial charge in [-0.05, 0) is 37.6 Å². The molecule has 1 aromatic heterocycles. The van der Waals surface area contributed by atoms with Crippen molar-refractivity contribution in [3.8, 4) is 0 Å². The number of benzene rings is 2. The molecule has 0 atom stereocenters. The van der Waals surface area contributed by atoms with E-state index < -0.39 is 5.91 Å². The van der Waals surface area contributed by atoms with Gasteiger partial charge in [0.15, 0.2) is 0 Å². The molecule has 0 radical (unpaired) electrons. The number of halogens is 1. The SMILES string of the molecule is Cc1ccc(Cn2nc(C)c(/C=C/C(=O)Nc3ccccc3SCC(N)=O)c2Cl)cc1. The highest BCUT2D eigenvalue weighted by atomic mass is 35.5. The lowest BCUT2D eigenvalue weighted by atomic mass is 10.1. The number of carbonyl (C=O) groups excluding carboxylic acids is 2. The Morgan fingerprint density at radius 2 is 1.87 bits per heavy atom. The van der Waals surface area contributed by atoms with Crippen LogP contribution in [0.15, 0.2) is 59.5 Å². The minimum absolute atomic E-state index is 0.137. The zero-order chi connectivity index (χ0) is 22.4. The number of para-hydroxylation sites is 1. The summed E-state index contributed by atoms with van der Waals surface area (Å²) >= 11 is 7.79. The molecule has 3 aromatic rings. The van der Waals surface area contributed by atoms with Crippen molar-refractivity contribution in [1.29, 1.82) is 0 Å². The molecule has 3 N–H and O–H groups in total. The maximum atomic E-state index is 12.5. The van der Waals surface area contributed by atoms with E-state index in [1.54, 1.807) is 16.8 Å². The van der Waals surface area contributed by atoms with Crippen LogP contribution in [0.25, 0.3) is 6.08 Å². The number of hydrogen-bond donors (Lipinski definition) is 2. The van der Waals surface area contributed by atoms with Crippen LogP contribution in [0.2, 0.25) is 5.15 Å². The van der Waals surface area contributed by atoms with Crippen LogP contribution in [-0.4, -0.2) is 27.3 Å². The number of aryl methyl sites for hydroxylation is 2. The highest BCUT2D eigenvalue weighted by molar-refractivity contribution is 8.00. The van der Waals surface area contributed by atoms with Crippen molar-refractivity contribution in [1.82, 2.24) is 9.78 Å². The van der Waals surface area contributed by atoms with Gasteiger partial charge in [-0.25, -0.2) is 4.68 Å².